The first-order valence-corrected chi connectivity index (χ1v) is 7.94. The van der Waals surface area contributed by atoms with Gasteiger partial charge in [0.2, 0.25) is 0 Å². The van der Waals surface area contributed by atoms with Crippen molar-refractivity contribution in [2.75, 3.05) is 0 Å². The lowest BCUT2D eigenvalue weighted by Gasteiger charge is -2.14. The summed E-state index contributed by atoms with van der Waals surface area (Å²) in [6.45, 7) is 2.73. The normalized spacial score (nSPS) is 12.7. The highest BCUT2D eigenvalue weighted by Crippen LogP contribution is 2.29. The zero-order valence-corrected chi connectivity index (χ0v) is 13.7. The number of hydrogen-bond acceptors (Lipinski definition) is 2. The number of thiophene rings is 1. The van der Waals surface area contributed by atoms with E-state index >= 15 is 0 Å². The monoisotopic (exact) mass is 391 g/mol. The van der Waals surface area contributed by atoms with Gasteiger partial charge in [-0.3, -0.25) is 0 Å². The molecule has 1 aromatic carbocycles. The molecule has 0 amide bonds. The van der Waals surface area contributed by atoms with Crippen molar-refractivity contribution in [3.05, 3.63) is 54.8 Å². The van der Waals surface area contributed by atoms with E-state index in [-0.39, 0.29) is 11.9 Å². The van der Waals surface area contributed by atoms with Gasteiger partial charge >= 0.3 is 0 Å². The standard InChI is InChI=1S/C13H12Br2FNS/c1-8(13-12(15)4-5-18-13)17-7-9-6-10(16)2-3-11(9)14/h2-6,8,17H,7H2,1H3. The third-order valence-electron chi connectivity index (χ3n) is 2.64. The molecule has 1 unspecified atom stereocenters. The second-order valence-electron chi connectivity index (χ2n) is 3.97. The summed E-state index contributed by atoms with van der Waals surface area (Å²) < 4.78 is 15.2. The van der Waals surface area contributed by atoms with Crippen LogP contribution in [0.25, 0.3) is 0 Å². The van der Waals surface area contributed by atoms with Gasteiger partial charge in [0.25, 0.3) is 0 Å². The summed E-state index contributed by atoms with van der Waals surface area (Å²) in [7, 11) is 0. The van der Waals surface area contributed by atoms with Crippen molar-refractivity contribution in [1.82, 2.24) is 5.32 Å². The molecular formula is C13H12Br2FNS. The Hall–Kier alpha value is -0.230. The second-order valence-corrected chi connectivity index (χ2v) is 6.63. The van der Waals surface area contributed by atoms with Gasteiger partial charge < -0.3 is 5.32 Å². The lowest BCUT2D eigenvalue weighted by atomic mass is 10.2. The second kappa shape index (κ2) is 6.28. The lowest BCUT2D eigenvalue weighted by Crippen LogP contribution is -2.17. The van der Waals surface area contributed by atoms with Gasteiger partial charge in [0.05, 0.1) is 0 Å². The molecular weight excluding hydrogens is 381 g/mol. The molecule has 1 heterocycles. The molecule has 5 heteroatoms. The van der Waals surface area contributed by atoms with Gasteiger partial charge in [-0.05, 0) is 58.1 Å². The zero-order chi connectivity index (χ0) is 13.1. The van der Waals surface area contributed by atoms with Crippen molar-refractivity contribution in [1.29, 1.82) is 0 Å². The van der Waals surface area contributed by atoms with Crippen LogP contribution in [0.2, 0.25) is 0 Å². The molecule has 0 spiro atoms. The van der Waals surface area contributed by atoms with Crippen molar-refractivity contribution in [2.24, 2.45) is 0 Å². The van der Waals surface area contributed by atoms with Crippen LogP contribution >= 0.6 is 43.2 Å². The minimum atomic E-state index is -0.208. The molecule has 0 bridgehead atoms. The van der Waals surface area contributed by atoms with Crippen molar-refractivity contribution in [3.8, 4) is 0 Å². The maximum atomic E-state index is 13.2. The van der Waals surface area contributed by atoms with Crippen LogP contribution in [0.3, 0.4) is 0 Å². The SMILES string of the molecule is CC(NCc1cc(F)ccc1Br)c1sccc1Br. The molecule has 1 atom stereocenters. The summed E-state index contributed by atoms with van der Waals surface area (Å²) in [5.41, 5.74) is 0.925. The van der Waals surface area contributed by atoms with Gasteiger partial charge in [-0.2, -0.15) is 0 Å². The predicted molar refractivity (Wildman–Crippen MR) is 81.4 cm³/mol. The Morgan fingerprint density at radius 1 is 1.28 bits per heavy atom. The number of rotatable bonds is 4. The van der Waals surface area contributed by atoms with Gasteiger partial charge in [0, 0.05) is 26.4 Å². The quantitative estimate of drug-likeness (QED) is 0.747. The minimum Gasteiger partial charge on any atom is -0.305 e. The number of nitrogens with one attached hydrogen (secondary N) is 1. The summed E-state index contributed by atoms with van der Waals surface area (Å²) in [6.07, 6.45) is 0. The van der Waals surface area contributed by atoms with Crippen LogP contribution in [-0.4, -0.2) is 0 Å². The molecule has 0 aliphatic rings. The van der Waals surface area contributed by atoms with E-state index in [4.69, 9.17) is 0 Å². The molecule has 0 saturated carbocycles. The largest absolute Gasteiger partial charge is 0.305 e. The summed E-state index contributed by atoms with van der Waals surface area (Å²) >= 11 is 8.66. The number of hydrogen-bond donors (Lipinski definition) is 1. The third kappa shape index (κ3) is 3.41. The molecule has 2 rings (SSSR count). The summed E-state index contributed by atoms with van der Waals surface area (Å²) in [5, 5.41) is 5.45. The molecule has 96 valence electrons. The molecule has 0 saturated heterocycles. The Morgan fingerprint density at radius 3 is 2.72 bits per heavy atom. The van der Waals surface area contributed by atoms with E-state index in [1.807, 2.05) is 6.07 Å². The van der Waals surface area contributed by atoms with E-state index < -0.39 is 0 Å². The highest BCUT2D eigenvalue weighted by molar-refractivity contribution is 9.10. The minimum absolute atomic E-state index is 0.208. The molecule has 0 aliphatic heterocycles. The first-order valence-electron chi connectivity index (χ1n) is 5.48. The molecule has 0 radical (unpaired) electrons. The Morgan fingerprint density at radius 2 is 2.06 bits per heavy atom. The van der Waals surface area contributed by atoms with Crippen LogP contribution in [0.1, 0.15) is 23.4 Å². The maximum Gasteiger partial charge on any atom is 0.123 e. The first-order chi connectivity index (χ1) is 8.58. The van der Waals surface area contributed by atoms with Crippen LogP contribution in [0.4, 0.5) is 4.39 Å². The average molecular weight is 393 g/mol. The van der Waals surface area contributed by atoms with E-state index in [2.05, 4.69) is 49.5 Å². The summed E-state index contributed by atoms with van der Waals surface area (Å²) in [5.74, 6) is -0.208. The van der Waals surface area contributed by atoms with E-state index in [1.165, 1.54) is 10.9 Å². The van der Waals surface area contributed by atoms with E-state index in [0.29, 0.717) is 6.54 Å². The fourth-order valence-electron chi connectivity index (χ4n) is 1.65. The van der Waals surface area contributed by atoms with E-state index in [1.54, 1.807) is 23.5 Å². The molecule has 1 aromatic heterocycles. The van der Waals surface area contributed by atoms with E-state index in [0.717, 1.165) is 14.5 Å². The van der Waals surface area contributed by atoms with Crippen molar-refractivity contribution >= 4 is 43.2 Å². The van der Waals surface area contributed by atoms with Crippen LogP contribution in [0, 0.1) is 5.82 Å². The summed E-state index contributed by atoms with van der Waals surface area (Å²) in [6, 6.07) is 7.00. The average Bonchev–Trinajstić information content (AvgIpc) is 2.76. The zero-order valence-electron chi connectivity index (χ0n) is 9.71. The number of halogens is 3. The smallest absolute Gasteiger partial charge is 0.123 e. The lowest BCUT2D eigenvalue weighted by molar-refractivity contribution is 0.574. The third-order valence-corrected chi connectivity index (χ3v) is 5.47. The predicted octanol–water partition coefficient (Wildman–Crippen LogP) is 5.26. The fraction of sp³-hybridized carbons (Fsp3) is 0.231. The molecule has 1 N–H and O–H groups in total. The number of benzene rings is 1. The van der Waals surface area contributed by atoms with Gasteiger partial charge in [-0.1, -0.05) is 15.9 Å². The highest BCUT2D eigenvalue weighted by atomic mass is 79.9. The topological polar surface area (TPSA) is 12.0 Å². The summed E-state index contributed by atoms with van der Waals surface area (Å²) in [4.78, 5) is 1.25. The maximum absolute atomic E-state index is 13.2. The highest BCUT2D eigenvalue weighted by Gasteiger charge is 2.11. The molecule has 0 aliphatic carbocycles. The Labute approximate surface area is 127 Å². The van der Waals surface area contributed by atoms with Gasteiger partial charge in [0.1, 0.15) is 5.82 Å². The van der Waals surface area contributed by atoms with Gasteiger partial charge in [-0.15, -0.1) is 11.3 Å². The molecule has 1 nitrogen and oxygen atoms in total. The van der Waals surface area contributed by atoms with Gasteiger partial charge in [-0.25, -0.2) is 4.39 Å². The fourth-order valence-corrected chi connectivity index (χ4v) is 3.79. The Balaban J connectivity index is 2.03. The molecule has 0 fully saturated rings. The van der Waals surface area contributed by atoms with Crippen LogP contribution in [0.5, 0.6) is 0 Å². The Bertz CT molecular complexity index is 542. The molecule has 18 heavy (non-hydrogen) atoms. The van der Waals surface area contributed by atoms with Gasteiger partial charge in [0.15, 0.2) is 0 Å². The van der Waals surface area contributed by atoms with E-state index in [9.17, 15) is 4.39 Å². The van der Waals surface area contributed by atoms with Crippen LogP contribution in [0.15, 0.2) is 38.6 Å². The molecule has 2 aromatic rings. The van der Waals surface area contributed by atoms with Crippen LogP contribution < -0.4 is 5.32 Å². The van der Waals surface area contributed by atoms with Crippen molar-refractivity contribution in [2.45, 2.75) is 19.5 Å². The van der Waals surface area contributed by atoms with Crippen molar-refractivity contribution < 1.29 is 4.39 Å². The van der Waals surface area contributed by atoms with Crippen LogP contribution in [-0.2, 0) is 6.54 Å². The first kappa shape index (κ1) is 14.2. The Kier molecular flexibility index (Phi) is 4.95. The van der Waals surface area contributed by atoms with Crippen molar-refractivity contribution in [3.63, 3.8) is 0 Å².